The first-order valence-electron chi connectivity index (χ1n) is 9.57. The largest absolute Gasteiger partial charge is 0.348 e. The molecule has 1 fully saturated rings. The van der Waals surface area contributed by atoms with Crippen molar-refractivity contribution >= 4 is 6.03 Å². The van der Waals surface area contributed by atoms with Crippen LogP contribution in [0.25, 0.3) is 0 Å². The molecule has 1 unspecified atom stereocenters. The average molecular weight is 337 g/mol. The smallest absolute Gasteiger partial charge is 0.318 e. The number of aromatic nitrogens is 1. The SMILES string of the molecule is O=C(NC1CCCCC1)N1CCn2cccc2C1Cc1ccccc1. The van der Waals surface area contributed by atoms with Crippen LogP contribution in [-0.4, -0.2) is 28.1 Å². The Balaban J connectivity index is 1.53. The summed E-state index contributed by atoms with van der Waals surface area (Å²) < 4.78 is 2.29. The predicted molar refractivity (Wildman–Crippen MR) is 99.4 cm³/mol. The van der Waals surface area contributed by atoms with E-state index in [1.54, 1.807) is 0 Å². The number of hydrogen-bond donors (Lipinski definition) is 1. The number of rotatable bonds is 3. The molecule has 0 spiro atoms. The third-order valence-corrected chi connectivity index (χ3v) is 5.63. The van der Waals surface area contributed by atoms with Gasteiger partial charge in [-0.1, -0.05) is 49.6 Å². The van der Waals surface area contributed by atoms with Gasteiger partial charge in [0.05, 0.1) is 6.04 Å². The molecule has 1 saturated carbocycles. The number of hydrogen-bond acceptors (Lipinski definition) is 1. The lowest BCUT2D eigenvalue weighted by Gasteiger charge is -2.38. The van der Waals surface area contributed by atoms with Crippen LogP contribution in [0.5, 0.6) is 0 Å². The molecule has 1 aliphatic carbocycles. The van der Waals surface area contributed by atoms with E-state index in [-0.39, 0.29) is 12.1 Å². The van der Waals surface area contributed by atoms with Crippen LogP contribution >= 0.6 is 0 Å². The van der Waals surface area contributed by atoms with Crippen molar-refractivity contribution in [3.8, 4) is 0 Å². The molecule has 1 aromatic carbocycles. The first-order chi connectivity index (χ1) is 12.3. The van der Waals surface area contributed by atoms with Crippen molar-refractivity contribution in [2.75, 3.05) is 6.54 Å². The van der Waals surface area contributed by atoms with Crippen molar-refractivity contribution in [2.24, 2.45) is 0 Å². The summed E-state index contributed by atoms with van der Waals surface area (Å²) in [5.74, 6) is 0. The highest BCUT2D eigenvalue weighted by molar-refractivity contribution is 5.75. The Bertz CT molecular complexity index is 703. The molecule has 4 rings (SSSR count). The maximum Gasteiger partial charge on any atom is 0.318 e. The summed E-state index contributed by atoms with van der Waals surface area (Å²) in [4.78, 5) is 15.1. The monoisotopic (exact) mass is 337 g/mol. The molecular weight excluding hydrogens is 310 g/mol. The van der Waals surface area contributed by atoms with E-state index in [2.05, 4.69) is 57.4 Å². The summed E-state index contributed by atoms with van der Waals surface area (Å²) in [6.45, 7) is 1.66. The minimum Gasteiger partial charge on any atom is -0.348 e. The lowest BCUT2D eigenvalue weighted by Crippen LogP contribution is -2.50. The first-order valence-corrected chi connectivity index (χ1v) is 9.57. The van der Waals surface area contributed by atoms with Gasteiger partial charge in [-0.15, -0.1) is 0 Å². The Morgan fingerprint density at radius 2 is 1.80 bits per heavy atom. The summed E-state index contributed by atoms with van der Waals surface area (Å²) in [6.07, 6.45) is 9.02. The van der Waals surface area contributed by atoms with Crippen LogP contribution in [0.2, 0.25) is 0 Å². The molecule has 0 saturated heterocycles. The van der Waals surface area contributed by atoms with E-state index in [0.717, 1.165) is 32.4 Å². The normalized spacial score (nSPS) is 21.0. The fraction of sp³-hybridized carbons (Fsp3) is 0.476. The molecule has 4 heteroatoms. The zero-order chi connectivity index (χ0) is 17.1. The van der Waals surface area contributed by atoms with Crippen molar-refractivity contribution < 1.29 is 4.79 Å². The molecule has 2 aromatic rings. The number of nitrogens with zero attached hydrogens (tertiary/aromatic N) is 2. The van der Waals surface area contributed by atoms with E-state index >= 15 is 0 Å². The van der Waals surface area contributed by atoms with Crippen LogP contribution in [0.15, 0.2) is 48.7 Å². The van der Waals surface area contributed by atoms with Gasteiger partial charge in [-0.25, -0.2) is 4.79 Å². The molecule has 0 bridgehead atoms. The summed E-state index contributed by atoms with van der Waals surface area (Å²) in [6, 6.07) is 15.3. The van der Waals surface area contributed by atoms with Gasteiger partial charge in [0, 0.05) is 31.0 Å². The number of carbonyl (C=O) groups excluding carboxylic acids is 1. The highest BCUT2D eigenvalue weighted by Gasteiger charge is 2.32. The quantitative estimate of drug-likeness (QED) is 0.898. The molecule has 4 nitrogen and oxygen atoms in total. The third kappa shape index (κ3) is 3.58. The molecule has 25 heavy (non-hydrogen) atoms. The summed E-state index contributed by atoms with van der Waals surface area (Å²) in [5.41, 5.74) is 2.52. The van der Waals surface area contributed by atoms with Crippen LogP contribution in [0.1, 0.15) is 49.4 Å². The number of fused-ring (bicyclic) bond motifs is 1. The Labute approximate surface area is 149 Å². The lowest BCUT2D eigenvalue weighted by atomic mass is 9.95. The Hall–Kier alpha value is -2.23. The number of amides is 2. The zero-order valence-corrected chi connectivity index (χ0v) is 14.7. The van der Waals surface area contributed by atoms with Gasteiger partial charge in [0.1, 0.15) is 0 Å². The number of carbonyl (C=O) groups is 1. The van der Waals surface area contributed by atoms with Crippen LogP contribution in [-0.2, 0) is 13.0 Å². The maximum atomic E-state index is 13.0. The van der Waals surface area contributed by atoms with Crippen molar-refractivity contribution in [3.05, 3.63) is 59.9 Å². The summed E-state index contributed by atoms with van der Waals surface area (Å²) >= 11 is 0. The Morgan fingerprint density at radius 1 is 1.00 bits per heavy atom. The van der Waals surface area contributed by atoms with Crippen molar-refractivity contribution in [1.82, 2.24) is 14.8 Å². The molecular formula is C21H27N3O. The van der Waals surface area contributed by atoms with Gasteiger partial charge in [-0.05, 0) is 37.0 Å². The van der Waals surface area contributed by atoms with E-state index in [4.69, 9.17) is 0 Å². The molecule has 0 radical (unpaired) electrons. The first kappa shape index (κ1) is 16.2. The molecule has 1 atom stereocenters. The minimum atomic E-state index is 0.106. The van der Waals surface area contributed by atoms with E-state index in [1.807, 2.05) is 6.07 Å². The highest BCUT2D eigenvalue weighted by Crippen LogP contribution is 2.30. The van der Waals surface area contributed by atoms with E-state index in [0.29, 0.717) is 6.04 Å². The molecule has 2 aliphatic rings. The third-order valence-electron chi connectivity index (χ3n) is 5.63. The second-order valence-electron chi connectivity index (χ2n) is 7.31. The van der Waals surface area contributed by atoms with E-state index < -0.39 is 0 Å². The number of urea groups is 1. The van der Waals surface area contributed by atoms with Crippen LogP contribution < -0.4 is 5.32 Å². The van der Waals surface area contributed by atoms with Crippen molar-refractivity contribution in [1.29, 1.82) is 0 Å². The lowest BCUT2D eigenvalue weighted by molar-refractivity contribution is 0.149. The van der Waals surface area contributed by atoms with Gasteiger partial charge in [-0.3, -0.25) is 0 Å². The van der Waals surface area contributed by atoms with E-state index in [1.165, 1.54) is 30.5 Å². The molecule has 1 aromatic heterocycles. The molecule has 132 valence electrons. The zero-order valence-electron chi connectivity index (χ0n) is 14.7. The Morgan fingerprint density at radius 3 is 2.60 bits per heavy atom. The van der Waals surface area contributed by atoms with Gasteiger partial charge in [0.25, 0.3) is 0 Å². The second-order valence-corrected chi connectivity index (χ2v) is 7.31. The number of benzene rings is 1. The fourth-order valence-corrected chi connectivity index (χ4v) is 4.26. The van der Waals surface area contributed by atoms with Gasteiger partial charge in [-0.2, -0.15) is 0 Å². The highest BCUT2D eigenvalue weighted by atomic mass is 16.2. The minimum absolute atomic E-state index is 0.106. The predicted octanol–water partition coefficient (Wildman–Crippen LogP) is 4.13. The Kier molecular flexibility index (Phi) is 4.77. The summed E-state index contributed by atoms with van der Waals surface area (Å²) in [5, 5.41) is 3.31. The van der Waals surface area contributed by atoms with Crippen molar-refractivity contribution in [3.63, 3.8) is 0 Å². The maximum absolute atomic E-state index is 13.0. The standard InChI is InChI=1S/C21H27N3O/c25-21(22-18-10-5-2-6-11-18)24-15-14-23-13-7-12-19(23)20(24)16-17-8-3-1-4-9-17/h1,3-4,7-9,12-13,18,20H,2,5-6,10-11,14-16H2,(H,22,25). The van der Waals surface area contributed by atoms with Gasteiger partial charge < -0.3 is 14.8 Å². The van der Waals surface area contributed by atoms with Gasteiger partial charge in [0.2, 0.25) is 0 Å². The molecule has 1 N–H and O–H groups in total. The fourth-order valence-electron chi connectivity index (χ4n) is 4.26. The molecule has 2 amide bonds. The average Bonchev–Trinajstić information content (AvgIpc) is 3.13. The molecule has 2 heterocycles. The van der Waals surface area contributed by atoms with Gasteiger partial charge >= 0.3 is 6.03 Å². The topological polar surface area (TPSA) is 37.3 Å². The van der Waals surface area contributed by atoms with Crippen molar-refractivity contribution in [2.45, 2.75) is 57.2 Å². The van der Waals surface area contributed by atoms with Crippen LogP contribution in [0.3, 0.4) is 0 Å². The van der Waals surface area contributed by atoms with Crippen LogP contribution in [0, 0.1) is 0 Å². The van der Waals surface area contributed by atoms with Crippen LogP contribution in [0.4, 0.5) is 4.79 Å². The van der Waals surface area contributed by atoms with E-state index in [9.17, 15) is 4.79 Å². The second kappa shape index (κ2) is 7.34. The number of nitrogens with one attached hydrogen (secondary N) is 1. The molecule has 1 aliphatic heterocycles. The van der Waals surface area contributed by atoms with Gasteiger partial charge in [0.15, 0.2) is 0 Å². The summed E-state index contributed by atoms with van der Waals surface area (Å²) in [7, 11) is 0.